The van der Waals surface area contributed by atoms with E-state index in [0.29, 0.717) is 11.5 Å². The van der Waals surface area contributed by atoms with E-state index in [2.05, 4.69) is 61.7 Å². The highest BCUT2D eigenvalue weighted by Gasteiger charge is 2.38. The first-order chi connectivity index (χ1) is 8.29. The SMILES string of the molecule is CC(C)(C)C1CN(Cc2ccsc2)C(C)(C)CN1. The van der Waals surface area contributed by atoms with Crippen molar-refractivity contribution in [2.45, 2.75) is 52.7 Å². The van der Waals surface area contributed by atoms with Gasteiger partial charge in [0, 0.05) is 31.2 Å². The molecule has 18 heavy (non-hydrogen) atoms. The summed E-state index contributed by atoms with van der Waals surface area (Å²) in [6, 6.07) is 2.82. The molecule has 2 rings (SSSR count). The molecule has 0 aromatic carbocycles. The third-order valence-corrected chi connectivity index (χ3v) is 4.77. The maximum Gasteiger partial charge on any atom is 0.0281 e. The van der Waals surface area contributed by atoms with E-state index in [1.165, 1.54) is 5.56 Å². The van der Waals surface area contributed by atoms with Crippen LogP contribution in [0, 0.1) is 5.41 Å². The lowest BCUT2D eigenvalue weighted by Gasteiger charge is -2.49. The van der Waals surface area contributed by atoms with Crippen molar-refractivity contribution in [3.63, 3.8) is 0 Å². The first kappa shape index (κ1) is 14.0. The summed E-state index contributed by atoms with van der Waals surface area (Å²) in [6.07, 6.45) is 0. The lowest BCUT2D eigenvalue weighted by Crippen LogP contribution is -2.64. The van der Waals surface area contributed by atoms with Crippen LogP contribution in [0.1, 0.15) is 40.2 Å². The van der Waals surface area contributed by atoms with Gasteiger partial charge in [-0.05, 0) is 41.7 Å². The molecule has 1 saturated heterocycles. The van der Waals surface area contributed by atoms with E-state index >= 15 is 0 Å². The van der Waals surface area contributed by atoms with E-state index in [1.54, 1.807) is 11.3 Å². The van der Waals surface area contributed by atoms with Gasteiger partial charge in [0.2, 0.25) is 0 Å². The number of nitrogens with zero attached hydrogens (tertiary/aromatic N) is 1. The van der Waals surface area contributed by atoms with Gasteiger partial charge in [-0.25, -0.2) is 0 Å². The molecule has 0 radical (unpaired) electrons. The van der Waals surface area contributed by atoms with E-state index in [1.807, 2.05) is 0 Å². The highest BCUT2D eigenvalue weighted by molar-refractivity contribution is 7.07. The molecular formula is C15H26N2S. The minimum absolute atomic E-state index is 0.240. The molecule has 2 heterocycles. The molecule has 1 unspecified atom stereocenters. The lowest BCUT2D eigenvalue weighted by atomic mass is 9.82. The van der Waals surface area contributed by atoms with Crippen LogP contribution in [-0.2, 0) is 6.54 Å². The molecule has 1 aromatic heterocycles. The average molecular weight is 266 g/mol. The summed E-state index contributed by atoms with van der Waals surface area (Å²) < 4.78 is 0. The van der Waals surface area contributed by atoms with Crippen molar-refractivity contribution in [1.82, 2.24) is 10.2 Å². The molecule has 1 fully saturated rings. The van der Waals surface area contributed by atoms with Crippen LogP contribution in [0.5, 0.6) is 0 Å². The molecule has 102 valence electrons. The van der Waals surface area contributed by atoms with E-state index in [-0.39, 0.29) is 5.54 Å². The summed E-state index contributed by atoms with van der Waals surface area (Å²) in [7, 11) is 0. The highest BCUT2D eigenvalue weighted by Crippen LogP contribution is 2.28. The molecule has 3 heteroatoms. The maximum atomic E-state index is 3.72. The fourth-order valence-corrected chi connectivity index (χ4v) is 3.14. The number of rotatable bonds is 2. The third-order valence-electron chi connectivity index (χ3n) is 4.04. The zero-order valence-corrected chi connectivity index (χ0v) is 13.1. The Bertz CT molecular complexity index is 376. The normalized spacial score (nSPS) is 25.3. The predicted octanol–water partition coefficient (Wildman–Crippen LogP) is 3.35. The van der Waals surface area contributed by atoms with Gasteiger partial charge < -0.3 is 5.32 Å². The van der Waals surface area contributed by atoms with Gasteiger partial charge in [-0.3, -0.25) is 4.90 Å². The maximum absolute atomic E-state index is 3.72. The molecule has 1 atom stereocenters. The van der Waals surface area contributed by atoms with Crippen LogP contribution in [0.3, 0.4) is 0 Å². The topological polar surface area (TPSA) is 15.3 Å². The number of piperazine rings is 1. The van der Waals surface area contributed by atoms with Crippen molar-refractivity contribution in [3.8, 4) is 0 Å². The monoisotopic (exact) mass is 266 g/mol. The number of hydrogen-bond donors (Lipinski definition) is 1. The second-order valence-corrected chi connectivity index (χ2v) is 7.90. The predicted molar refractivity (Wildman–Crippen MR) is 80.1 cm³/mol. The highest BCUT2D eigenvalue weighted by atomic mass is 32.1. The largest absolute Gasteiger partial charge is 0.310 e. The van der Waals surface area contributed by atoms with Crippen molar-refractivity contribution < 1.29 is 0 Å². The Morgan fingerprint density at radius 3 is 2.72 bits per heavy atom. The molecule has 0 bridgehead atoms. The van der Waals surface area contributed by atoms with Gasteiger partial charge in [-0.1, -0.05) is 20.8 Å². The molecule has 1 aliphatic rings. The smallest absolute Gasteiger partial charge is 0.0281 e. The van der Waals surface area contributed by atoms with Gasteiger partial charge in [0.15, 0.2) is 0 Å². The van der Waals surface area contributed by atoms with Crippen LogP contribution in [0.25, 0.3) is 0 Å². The molecule has 1 aliphatic heterocycles. The van der Waals surface area contributed by atoms with Gasteiger partial charge in [-0.2, -0.15) is 11.3 Å². The molecule has 1 N–H and O–H groups in total. The Hall–Kier alpha value is -0.380. The fraction of sp³-hybridized carbons (Fsp3) is 0.733. The van der Waals surface area contributed by atoms with Gasteiger partial charge in [0.1, 0.15) is 0 Å². The molecule has 0 amide bonds. The third kappa shape index (κ3) is 3.14. The molecular weight excluding hydrogens is 240 g/mol. The van der Waals surface area contributed by atoms with Gasteiger partial charge in [-0.15, -0.1) is 0 Å². The summed E-state index contributed by atoms with van der Waals surface area (Å²) in [4.78, 5) is 2.63. The summed E-state index contributed by atoms with van der Waals surface area (Å²) in [5.74, 6) is 0. The zero-order chi connectivity index (χ0) is 13.4. The number of nitrogens with one attached hydrogen (secondary N) is 1. The summed E-state index contributed by atoms with van der Waals surface area (Å²) in [6.45, 7) is 14.9. The molecule has 0 saturated carbocycles. The summed E-state index contributed by atoms with van der Waals surface area (Å²) in [5.41, 5.74) is 2.01. The van der Waals surface area contributed by atoms with Crippen molar-refractivity contribution in [1.29, 1.82) is 0 Å². The zero-order valence-electron chi connectivity index (χ0n) is 12.3. The standard InChI is InChI=1S/C15H26N2S/c1-14(2,3)13-9-17(15(4,5)11-16-13)8-12-6-7-18-10-12/h6-7,10,13,16H,8-9,11H2,1-5H3. The molecule has 0 aliphatic carbocycles. The van der Waals surface area contributed by atoms with Crippen molar-refractivity contribution >= 4 is 11.3 Å². The number of thiophene rings is 1. The summed E-state index contributed by atoms with van der Waals surface area (Å²) >= 11 is 1.79. The van der Waals surface area contributed by atoms with Gasteiger partial charge >= 0.3 is 0 Å². The van der Waals surface area contributed by atoms with E-state index < -0.39 is 0 Å². The molecule has 1 aromatic rings. The Morgan fingerprint density at radius 2 is 2.17 bits per heavy atom. The van der Waals surface area contributed by atoms with Crippen molar-refractivity contribution in [2.75, 3.05) is 13.1 Å². The molecule has 0 spiro atoms. The van der Waals surface area contributed by atoms with Crippen LogP contribution < -0.4 is 5.32 Å². The quantitative estimate of drug-likeness (QED) is 0.883. The van der Waals surface area contributed by atoms with Gasteiger partial charge in [0.25, 0.3) is 0 Å². The lowest BCUT2D eigenvalue weighted by molar-refractivity contribution is 0.0296. The number of hydrogen-bond acceptors (Lipinski definition) is 3. The Balaban J connectivity index is 2.09. The van der Waals surface area contributed by atoms with Gasteiger partial charge in [0.05, 0.1) is 0 Å². The van der Waals surface area contributed by atoms with Crippen LogP contribution in [0.4, 0.5) is 0 Å². The minimum Gasteiger partial charge on any atom is -0.310 e. The van der Waals surface area contributed by atoms with E-state index in [9.17, 15) is 0 Å². The average Bonchev–Trinajstić information content (AvgIpc) is 2.72. The Labute approximate surface area is 115 Å². The van der Waals surface area contributed by atoms with E-state index in [4.69, 9.17) is 0 Å². The second kappa shape index (κ2) is 4.95. The first-order valence-corrected chi connectivity index (χ1v) is 7.73. The van der Waals surface area contributed by atoms with Crippen molar-refractivity contribution in [2.24, 2.45) is 5.41 Å². The van der Waals surface area contributed by atoms with Crippen molar-refractivity contribution in [3.05, 3.63) is 22.4 Å². The minimum atomic E-state index is 0.240. The summed E-state index contributed by atoms with van der Waals surface area (Å²) in [5, 5.41) is 8.16. The molecule has 2 nitrogen and oxygen atoms in total. The Kier molecular flexibility index (Phi) is 3.86. The van der Waals surface area contributed by atoms with Crippen LogP contribution in [0.15, 0.2) is 16.8 Å². The van der Waals surface area contributed by atoms with E-state index in [0.717, 1.165) is 19.6 Å². The van der Waals surface area contributed by atoms with Crippen LogP contribution in [-0.4, -0.2) is 29.6 Å². The fourth-order valence-electron chi connectivity index (χ4n) is 2.48. The first-order valence-electron chi connectivity index (χ1n) is 6.78. The van der Waals surface area contributed by atoms with Crippen LogP contribution in [0.2, 0.25) is 0 Å². The Morgan fingerprint density at radius 1 is 1.44 bits per heavy atom. The van der Waals surface area contributed by atoms with Crippen LogP contribution >= 0.6 is 11.3 Å². The second-order valence-electron chi connectivity index (χ2n) is 7.12.